The van der Waals surface area contributed by atoms with Gasteiger partial charge >= 0.3 is 0 Å². The average molecular weight is 254 g/mol. The lowest BCUT2D eigenvalue weighted by Crippen LogP contribution is -2.49. The Kier molecular flexibility index (Phi) is 5.05. The van der Waals surface area contributed by atoms with Crippen LogP contribution < -0.4 is 5.32 Å². The van der Waals surface area contributed by atoms with E-state index in [-0.39, 0.29) is 12.1 Å². The van der Waals surface area contributed by atoms with Gasteiger partial charge in [0.15, 0.2) is 0 Å². The highest BCUT2D eigenvalue weighted by Gasteiger charge is 2.34. The molecule has 0 aromatic rings. The van der Waals surface area contributed by atoms with Crippen LogP contribution >= 0.6 is 0 Å². The molecule has 2 aliphatic carbocycles. The summed E-state index contributed by atoms with van der Waals surface area (Å²) in [6.45, 7) is 3.66. The molecule has 2 rings (SSSR count). The second kappa shape index (κ2) is 6.36. The summed E-state index contributed by atoms with van der Waals surface area (Å²) >= 11 is 0. The number of aliphatic hydroxyl groups excluding tert-OH is 1. The number of hydrogen-bond acceptors (Lipinski definition) is 3. The molecule has 2 fully saturated rings. The van der Waals surface area contributed by atoms with Gasteiger partial charge in [0.1, 0.15) is 0 Å². The normalized spacial score (nSPS) is 24.0. The van der Waals surface area contributed by atoms with Gasteiger partial charge in [0.2, 0.25) is 0 Å². The smallest absolute Gasteiger partial charge is 0.0613 e. The van der Waals surface area contributed by atoms with Crippen LogP contribution in [0.1, 0.15) is 58.3 Å². The molecule has 2 saturated carbocycles. The molecule has 0 spiro atoms. The predicted octanol–water partition coefficient (Wildman–Crippen LogP) is 2.14. The Morgan fingerprint density at radius 2 is 2.00 bits per heavy atom. The fourth-order valence-electron chi connectivity index (χ4n) is 2.93. The van der Waals surface area contributed by atoms with Gasteiger partial charge in [-0.3, -0.25) is 0 Å². The first kappa shape index (κ1) is 14.3. The molecular weight excluding hydrogens is 224 g/mol. The average Bonchev–Trinajstić information content (AvgIpc) is 3.09. The standard InChI is InChI=1S/C15H30N2O/c1-3-15(12-18,16-13-8-9-13)10-5-11-17(2)14-6-4-7-14/h13-14,16,18H,3-12H2,1-2H3. The van der Waals surface area contributed by atoms with Crippen molar-refractivity contribution < 1.29 is 5.11 Å². The Morgan fingerprint density at radius 1 is 1.28 bits per heavy atom. The zero-order valence-corrected chi connectivity index (χ0v) is 12.1. The minimum Gasteiger partial charge on any atom is -0.394 e. The molecule has 106 valence electrons. The maximum atomic E-state index is 9.71. The molecule has 0 saturated heterocycles. The summed E-state index contributed by atoms with van der Waals surface area (Å²) in [5, 5.41) is 13.4. The third kappa shape index (κ3) is 3.69. The summed E-state index contributed by atoms with van der Waals surface area (Å²) in [7, 11) is 2.25. The van der Waals surface area contributed by atoms with Gasteiger partial charge in [-0.05, 0) is 58.5 Å². The minimum absolute atomic E-state index is 0.0123. The van der Waals surface area contributed by atoms with Crippen molar-refractivity contribution in [2.75, 3.05) is 20.2 Å². The van der Waals surface area contributed by atoms with Crippen molar-refractivity contribution in [3.05, 3.63) is 0 Å². The van der Waals surface area contributed by atoms with E-state index in [1.807, 2.05) is 0 Å². The molecule has 3 nitrogen and oxygen atoms in total. The van der Waals surface area contributed by atoms with Crippen LogP contribution in [0.2, 0.25) is 0 Å². The maximum Gasteiger partial charge on any atom is 0.0613 e. The topological polar surface area (TPSA) is 35.5 Å². The minimum atomic E-state index is -0.0123. The quantitative estimate of drug-likeness (QED) is 0.662. The number of aliphatic hydroxyl groups is 1. The molecular formula is C15H30N2O. The molecule has 3 heteroatoms. The highest BCUT2D eigenvalue weighted by molar-refractivity contribution is 4.94. The van der Waals surface area contributed by atoms with Crippen molar-refractivity contribution in [2.24, 2.45) is 0 Å². The van der Waals surface area contributed by atoms with Crippen LogP contribution in [0.3, 0.4) is 0 Å². The largest absolute Gasteiger partial charge is 0.394 e. The van der Waals surface area contributed by atoms with E-state index < -0.39 is 0 Å². The number of nitrogens with one attached hydrogen (secondary N) is 1. The van der Waals surface area contributed by atoms with Crippen molar-refractivity contribution in [1.29, 1.82) is 0 Å². The van der Waals surface area contributed by atoms with Crippen molar-refractivity contribution >= 4 is 0 Å². The molecule has 0 aliphatic heterocycles. The van der Waals surface area contributed by atoms with E-state index >= 15 is 0 Å². The Morgan fingerprint density at radius 3 is 2.44 bits per heavy atom. The van der Waals surface area contributed by atoms with Crippen molar-refractivity contribution in [3.8, 4) is 0 Å². The zero-order valence-electron chi connectivity index (χ0n) is 12.1. The Bertz CT molecular complexity index is 245. The summed E-state index contributed by atoms with van der Waals surface area (Å²) in [6, 6.07) is 1.52. The van der Waals surface area contributed by atoms with Crippen LogP contribution in [-0.2, 0) is 0 Å². The third-order valence-corrected chi connectivity index (χ3v) is 4.93. The maximum absolute atomic E-state index is 9.71. The van der Waals surface area contributed by atoms with Gasteiger partial charge in [0, 0.05) is 17.6 Å². The van der Waals surface area contributed by atoms with Crippen molar-refractivity contribution in [3.63, 3.8) is 0 Å². The number of hydrogen-bond donors (Lipinski definition) is 2. The molecule has 2 aliphatic rings. The Balaban J connectivity index is 1.70. The van der Waals surface area contributed by atoms with Crippen LogP contribution in [-0.4, -0.2) is 47.8 Å². The van der Waals surface area contributed by atoms with Gasteiger partial charge in [-0.2, -0.15) is 0 Å². The first-order valence-corrected chi connectivity index (χ1v) is 7.78. The van der Waals surface area contributed by atoms with E-state index in [1.54, 1.807) is 0 Å². The lowest BCUT2D eigenvalue weighted by molar-refractivity contribution is 0.123. The molecule has 0 radical (unpaired) electrons. The fraction of sp³-hybridized carbons (Fsp3) is 1.00. The monoisotopic (exact) mass is 254 g/mol. The van der Waals surface area contributed by atoms with Crippen LogP contribution in [0.15, 0.2) is 0 Å². The van der Waals surface area contributed by atoms with E-state index in [9.17, 15) is 5.11 Å². The van der Waals surface area contributed by atoms with Gasteiger partial charge in [0.05, 0.1) is 6.61 Å². The van der Waals surface area contributed by atoms with Gasteiger partial charge in [0.25, 0.3) is 0 Å². The summed E-state index contributed by atoms with van der Waals surface area (Å²) < 4.78 is 0. The Hall–Kier alpha value is -0.120. The first-order chi connectivity index (χ1) is 8.69. The van der Waals surface area contributed by atoms with E-state index in [0.717, 1.165) is 18.9 Å². The second-order valence-corrected chi connectivity index (χ2v) is 6.38. The number of nitrogens with zero attached hydrogens (tertiary/aromatic N) is 1. The predicted molar refractivity (Wildman–Crippen MR) is 75.8 cm³/mol. The van der Waals surface area contributed by atoms with Gasteiger partial charge in [-0.1, -0.05) is 13.3 Å². The highest BCUT2D eigenvalue weighted by atomic mass is 16.3. The molecule has 2 N–H and O–H groups in total. The van der Waals surface area contributed by atoms with Crippen LogP contribution in [0, 0.1) is 0 Å². The first-order valence-electron chi connectivity index (χ1n) is 7.78. The lowest BCUT2D eigenvalue weighted by atomic mass is 9.89. The van der Waals surface area contributed by atoms with E-state index in [0.29, 0.717) is 6.04 Å². The van der Waals surface area contributed by atoms with E-state index in [1.165, 1.54) is 45.1 Å². The fourth-order valence-corrected chi connectivity index (χ4v) is 2.93. The van der Waals surface area contributed by atoms with Crippen LogP contribution in [0.25, 0.3) is 0 Å². The summed E-state index contributed by atoms with van der Waals surface area (Å²) in [5.74, 6) is 0. The number of rotatable bonds is 9. The van der Waals surface area contributed by atoms with Crippen LogP contribution in [0.4, 0.5) is 0 Å². The van der Waals surface area contributed by atoms with Crippen molar-refractivity contribution in [2.45, 2.75) is 75.9 Å². The molecule has 0 aromatic heterocycles. The van der Waals surface area contributed by atoms with E-state index in [2.05, 4.69) is 24.2 Å². The molecule has 18 heavy (non-hydrogen) atoms. The molecule has 1 atom stereocenters. The SMILES string of the molecule is CCC(CO)(CCCN(C)C1CCC1)NC1CC1. The summed E-state index contributed by atoms with van der Waals surface area (Å²) in [4.78, 5) is 2.51. The van der Waals surface area contributed by atoms with Gasteiger partial charge < -0.3 is 15.3 Å². The molecule has 1 unspecified atom stereocenters. The molecule has 0 amide bonds. The second-order valence-electron chi connectivity index (χ2n) is 6.38. The summed E-state index contributed by atoms with van der Waals surface area (Å²) in [6.07, 6.45) is 10.1. The molecule has 0 bridgehead atoms. The lowest BCUT2D eigenvalue weighted by Gasteiger charge is -2.37. The zero-order chi connectivity index (χ0) is 13.0. The molecule has 0 aromatic carbocycles. The van der Waals surface area contributed by atoms with E-state index in [4.69, 9.17) is 0 Å². The van der Waals surface area contributed by atoms with Gasteiger partial charge in [-0.25, -0.2) is 0 Å². The Labute approximate surface area is 112 Å². The molecule has 0 heterocycles. The summed E-state index contributed by atoms with van der Waals surface area (Å²) in [5.41, 5.74) is -0.0123. The van der Waals surface area contributed by atoms with Gasteiger partial charge in [-0.15, -0.1) is 0 Å². The van der Waals surface area contributed by atoms with Crippen molar-refractivity contribution in [1.82, 2.24) is 10.2 Å². The highest BCUT2D eigenvalue weighted by Crippen LogP contribution is 2.28. The third-order valence-electron chi connectivity index (χ3n) is 4.93. The van der Waals surface area contributed by atoms with Crippen LogP contribution in [0.5, 0.6) is 0 Å².